The first-order valence-electron chi connectivity index (χ1n) is 7.22. The van der Waals surface area contributed by atoms with Crippen LogP contribution in [0, 0.1) is 11.3 Å². The van der Waals surface area contributed by atoms with Crippen molar-refractivity contribution in [1.29, 1.82) is 5.26 Å². The number of nitrogens with zero attached hydrogens (tertiary/aromatic N) is 4. The van der Waals surface area contributed by atoms with Gasteiger partial charge in [-0.1, -0.05) is 6.42 Å². The number of hydrogen-bond acceptors (Lipinski definition) is 4. The largest absolute Gasteiger partial charge is 0.280 e. The first-order valence-corrected chi connectivity index (χ1v) is 8.03. The highest BCUT2D eigenvalue weighted by Gasteiger charge is 2.16. The summed E-state index contributed by atoms with van der Waals surface area (Å²) in [5.74, 6) is 0.847. The summed E-state index contributed by atoms with van der Waals surface area (Å²) in [5.41, 5.74) is 2.88. The number of aromatic nitrogens is 3. The number of nitriles is 1. The maximum Gasteiger partial charge on any atom is 0.178 e. The summed E-state index contributed by atoms with van der Waals surface area (Å²) in [7, 11) is 0. The van der Waals surface area contributed by atoms with Crippen LogP contribution >= 0.6 is 11.3 Å². The lowest BCUT2D eigenvalue weighted by molar-refractivity contribution is 0.712. The van der Waals surface area contributed by atoms with Crippen molar-refractivity contribution in [2.45, 2.75) is 32.1 Å². The number of fused-ring (bicyclic) bond motifs is 2. The fourth-order valence-corrected chi connectivity index (χ4v) is 4.14. The van der Waals surface area contributed by atoms with Gasteiger partial charge in [0.05, 0.1) is 10.4 Å². The maximum absolute atomic E-state index is 9.06. The molecule has 0 amide bonds. The standard InChI is InChI=1S/C16H14N4S/c17-9-11-6-7-15-18-19-16(20(15)10-11)14-8-12-4-2-1-3-5-13(12)21-14/h6-8,10H,1-5H2. The van der Waals surface area contributed by atoms with Crippen molar-refractivity contribution in [2.75, 3.05) is 0 Å². The van der Waals surface area contributed by atoms with Crippen LogP contribution in [0.25, 0.3) is 16.3 Å². The highest BCUT2D eigenvalue weighted by atomic mass is 32.1. The van der Waals surface area contributed by atoms with Crippen molar-refractivity contribution in [3.8, 4) is 16.8 Å². The van der Waals surface area contributed by atoms with Crippen LogP contribution in [-0.2, 0) is 12.8 Å². The number of rotatable bonds is 1. The molecule has 21 heavy (non-hydrogen) atoms. The fourth-order valence-electron chi connectivity index (χ4n) is 2.90. The molecule has 0 aromatic carbocycles. The van der Waals surface area contributed by atoms with Gasteiger partial charge in [-0.05, 0) is 49.4 Å². The molecule has 0 saturated heterocycles. The molecule has 0 unspecified atom stereocenters. The molecule has 3 heterocycles. The SMILES string of the molecule is N#Cc1ccc2nnc(-c3cc4c(s3)CCCCC4)n2c1. The van der Waals surface area contributed by atoms with Crippen molar-refractivity contribution in [3.05, 3.63) is 40.4 Å². The topological polar surface area (TPSA) is 54.0 Å². The molecule has 4 nitrogen and oxygen atoms in total. The summed E-state index contributed by atoms with van der Waals surface area (Å²) in [5, 5.41) is 17.6. The molecule has 0 spiro atoms. The van der Waals surface area contributed by atoms with E-state index in [1.165, 1.54) is 42.5 Å². The molecule has 1 aliphatic carbocycles. The number of pyridine rings is 1. The van der Waals surface area contributed by atoms with Crippen LogP contribution in [0.3, 0.4) is 0 Å². The predicted molar refractivity (Wildman–Crippen MR) is 82.3 cm³/mol. The first-order chi connectivity index (χ1) is 10.3. The van der Waals surface area contributed by atoms with Gasteiger partial charge in [-0.25, -0.2) is 0 Å². The van der Waals surface area contributed by atoms with Crippen LogP contribution in [0.1, 0.15) is 35.3 Å². The molecule has 0 aliphatic heterocycles. The zero-order chi connectivity index (χ0) is 14.2. The highest BCUT2D eigenvalue weighted by Crippen LogP contribution is 2.34. The summed E-state index contributed by atoms with van der Waals surface area (Å²) >= 11 is 1.83. The van der Waals surface area contributed by atoms with Crippen molar-refractivity contribution < 1.29 is 0 Å². The third-order valence-electron chi connectivity index (χ3n) is 4.00. The molecule has 0 radical (unpaired) electrons. The van der Waals surface area contributed by atoms with E-state index in [0.29, 0.717) is 5.56 Å². The zero-order valence-electron chi connectivity index (χ0n) is 11.5. The van der Waals surface area contributed by atoms with E-state index in [1.807, 2.05) is 28.0 Å². The van der Waals surface area contributed by atoms with Crippen molar-refractivity contribution in [3.63, 3.8) is 0 Å². The summed E-state index contributed by atoms with van der Waals surface area (Å²) in [6, 6.07) is 8.05. The Morgan fingerprint density at radius 3 is 2.95 bits per heavy atom. The molecule has 5 heteroatoms. The lowest BCUT2D eigenvalue weighted by Crippen LogP contribution is -1.89. The number of thiophene rings is 1. The highest BCUT2D eigenvalue weighted by molar-refractivity contribution is 7.15. The third-order valence-corrected chi connectivity index (χ3v) is 5.23. The van der Waals surface area contributed by atoms with Gasteiger partial charge in [-0.3, -0.25) is 4.40 Å². The molecule has 3 aromatic heterocycles. The normalized spacial score (nSPS) is 14.6. The van der Waals surface area contributed by atoms with Crippen molar-refractivity contribution in [2.24, 2.45) is 0 Å². The van der Waals surface area contributed by atoms with Crippen LogP contribution < -0.4 is 0 Å². The second-order valence-electron chi connectivity index (χ2n) is 5.40. The van der Waals surface area contributed by atoms with Gasteiger partial charge < -0.3 is 0 Å². The molecule has 0 N–H and O–H groups in total. The van der Waals surface area contributed by atoms with Crippen molar-refractivity contribution >= 4 is 17.0 Å². The van der Waals surface area contributed by atoms with E-state index < -0.39 is 0 Å². The zero-order valence-corrected chi connectivity index (χ0v) is 12.4. The van der Waals surface area contributed by atoms with Gasteiger partial charge in [0.25, 0.3) is 0 Å². The van der Waals surface area contributed by atoms with E-state index in [0.717, 1.165) is 16.3 Å². The fraction of sp³-hybridized carbons (Fsp3) is 0.312. The van der Waals surface area contributed by atoms with Gasteiger partial charge in [0.1, 0.15) is 6.07 Å². The van der Waals surface area contributed by atoms with Crippen LogP contribution in [0.2, 0.25) is 0 Å². The monoisotopic (exact) mass is 294 g/mol. The van der Waals surface area contributed by atoms with Crippen molar-refractivity contribution in [1.82, 2.24) is 14.6 Å². The molecule has 4 rings (SSSR count). The smallest absolute Gasteiger partial charge is 0.178 e. The minimum Gasteiger partial charge on any atom is -0.280 e. The number of aryl methyl sites for hydroxylation is 2. The van der Waals surface area contributed by atoms with Crippen LogP contribution in [0.15, 0.2) is 24.4 Å². The summed E-state index contributed by atoms with van der Waals surface area (Å²) in [4.78, 5) is 2.65. The summed E-state index contributed by atoms with van der Waals surface area (Å²) in [6.07, 6.45) is 8.06. The van der Waals surface area contributed by atoms with E-state index in [2.05, 4.69) is 22.3 Å². The Labute approximate surface area is 126 Å². The van der Waals surface area contributed by atoms with Crippen LogP contribution in [-0.4, -0.2) is 14.6 Å². The molecule has 3 aromatic rings. The van der Waals surface area contributed by atoms with E-state index in [9.17, 15) is 0 Å². The van der Waals surface area contributed by atoms with Gasteiger partial charge in [-0.15, -0.1) is 21.5 Å². The van der Waals surface area contributed by atoms with Gasteiger partial charge >= 0.3 is 0 Å². The van der Waals surface area contributed by atoms with Crippen LogP contribution in [0.4, 0.5) is 0 Å². The predicted octanol–water partition coefficient (Wildman–Crippen LogP) is 3.60. The third kappa shape index (κ3) is 2.12. The summed E-state index contributed by atoms with van der Waals surface area (Å²) in [6.45, 7) is 0. The average molecular weight is 294 g/mol. The second-order valence-corrected chi connectivity index (χ2v) is 6.54. The maximum atomic E-state index is 9.06. The lowest BCUT2D eigenvalue weighted by atomic mass is 10.1. The molecule has 0 saturated carbocycles. The molecule has 0 bridgehead atoms. The molecular weight excluding hydrogens is 280 g/mol. The molecule has 0 fully saturated rings. The van der Waals surface area contributed by atoms with Gasteiger partial charge in [0, 0.05) is 11.1 Å². The Morgan fingerprint density at radius 1 is 1.14 bits per heavy atom. The van der Waals surface area contributed by atoms with E-state index in [4.69, 9.17) is 5.26 Å². The van der Waals surface area contributed by atoms with Gasteiger partial charge in [0.2, 0.25) is 0 Å². The van der Waals surface area contributed by atoms with E-state index in [-0.39, 0.29) is 0 Å². The minimum atomic E-state index is 0.627. The summed E-state index contributed by atoms with van der Waals surface area (Å²) < 4.78 is 1.92. The Kier molecular flexibility index (Phi) is 2.97. The average Bonchev–Trinajstić information content (AvgIpc) is 3.04. The quantitative estimate of drug-likeness (QED) is 0.644. The molecule has 1 aliphatic rings. The Hall–Kier alpha value is -2.19. The minimum absolute atomic E-state index is 0.627. The lowest BCUT2D eigenvalue weighted by Gasteiger charge is -1.97. The Balaban J connectivity index is 1.85. The van der Waals surface area contributed by atoms with Gasteiger partial charge in [0.15, 0.2) is 11.5 Å². The van der Waals surface area contributed by atoms with E-state index in [1.54, 1.807) is 6.07 Å². The van der Waals surface area contributed by atoms with E-state index >= 15 is 0 Å². The molecular formula is C16H14N4S. The Morgan fingerprint density at radius 2 is 2.05 bits per heavy atom. The molecule has 104 valence electrons. The Bertz CT molecular complexity index is 829. The number of hydrogen-bond donors (Lipinski definition) is 0. The molecule has 0 atom stereocenters. The first kappa shape index (κ1) is 12.5. The van der Waals surface area contributed by atoms with Gasteiger partial charge in [-0.2, -0.15) is 5.26 Å². The second kappa shape index (κ2) is 4.97. The van der Waals surface area contributed by atoms with Crippen LogP contribution in [0.5, 0.6) is 0 Å².